The number of phenols is 1. The van der Waals surface area contributed by atoms with Crippen LogP contribution in [-0.4, -0.2) is 18.0 Å². The van der Waals surface area contributed by atoms with E-state index in [-0.39, 0.29) is 11.5 Å². The number of thioether (sulfide) groups is 1. The Labute approximate surface area is 120 Å². The molecule has 20 heavy (non-hydrogen) atoms. The summed E-state index contributed by atoms with van der Waals surface area (Å²) in [7, 11) is 1.50. The number of aromatic hydroxyl groups is 1. The molecule has 1 N–H and O–H groups in total. The van der Waals surface area contributed by atoms with Crippen molar-refractivity contribution in [3.8, 4) is 11.5 Å². The Balaban J connectivity index is 1.97. The Morgan fingerprint density at radius 1 is 1.20 bits per heavy atom. The predicted molar refractivity (Wildman–Crippen MR) is 79.3 cm³/mol. The van der Waals surface area contributed by atoms with Crippen LogP contribution in [0.15, 0.2) is 52.3 Å². The van der Waals surface area contributed by atoms with Gasteiger partial charge in [0.05, 0.1) is 12.0 Å². The first-order valence-corrected chi connectivity index (χ1v) is 6.91. The number of fused-ring (bicyclic) bond motifs is 1. The molecule has 1 heterocycles. The van der Waals surface area contributed by atoms with E-state index in [9.17, 15) is 9.90 Å². The van der Waals surface area contributed by atoms with Gasteiger partial charge < -0.3 is 9.84 Å². The first kappa shape index (κ1) is 12.8. The summed E-state index contributed by atoms with van der Waals surface area (Å²) in [5.41, 5.74) is 1.57. The molecule has 0 atom stereocenters. The summed E-state index contributed by atoms with van der Waals surface area (Å²) < 4.78 is 5.07. The highest BCUT2D eigenvalue weighted by Gasteiger charge is 2.25. The van der Waals surface area contributed by atoms with Gasteiger partial charge >= 0.3 is 0 Å². The molecule has 0 saturated heterocycles. The van der Waals surface area contributed by atoms with Crippen LogP contribution in [0.2, 0.25) is 0 Å². The number of allylic oxidation sites excluding steroid dienone is 1. The van der Waals surface area contributed by atoms with Crippen molar-refractivity contribution in [2.45, 2.75) is 4.90 Å². The Morgan fingerprint density at radius 3 is 2.75 bits per heavy atom. The highest BCUT2D eigenvalue weighted by atomic mass is 32.2. The largest absolute Gasteiger partial charge is 0.504 e. The van der Waals surface area contributed by atoms with Gasteiger partial charge in [0.15, 0.2) is 11.5 Å². The second-order valence-corrected chi connectivity index (χ2v) is 5.45. The van der Waals surface area contributed by atoms with Crippen molar-refractivity contribution < 1.29 is 14.6 Å². The number of ether oxygens (including phenoxy) is 1. The van der Waals surface area contributed by atoms with Crippen molar-refractivity contribution in [1.29, 1.82) is 0 Å². The molecule has 2 aromatic carbocycles. The van der Waals surface area contributed by atoms with Crippen molar-refractivity contribution >= 4 is 23.6 Å². The van der Waals surface area contributed by atoms with E-state index in [2.05, 4.69) is 0 Å². The van der Waals surface area contributed by atoms with Crippen LogP contribution in [0, 0.1) is 0 Å². The molecule has 0 fully saturated rings. The zero-order valence-corrected chi connectivity index (χ0v) is 11.6. The van der Waals surface area contributed by atoms with Crippen molar-refractivity contribution in [1.82, 2.24) is 0 Å². The Hall–Kier alpha value is -2.20. The fraction of sp³-hybridized carbons (Fsp3) is 0.0625. The summed E-state index contributed by atoms with van der Waals surface area (Å²) in [6.07, 6.45) is 1.81. The molecule has 0 saturated carbocycles. The molecule has 3 rings (SSSR count). The normalized spacial score (nSPS) is 15.4. The average molecular weight is 284 g/mol. The van der Waals surface area contributed by atoms with Gasteiger partial charge in [-0.05, 0) is 35.9 Å². The molecular weight excluding hydrogens is 272 g/mol. The number of rotatable bonds is 2. The number of ketones is 1. The molecule has 0 aromatic heterocycles. The van der Waals surface area contributed by atoms with Gasteiger partial charge in [-0.15, -0.1) is 0 Å². The Bertz CT molecular complexity index is 719. The maximum Gasteiger partial charge on any atom is 0.200 e. The summed E-state index contributed by atoms with van der Waals surface area (Å²) in [5, 5.41) is 9.57. The lowest BCUT2D eigenvalue weighted by molar-refractivity contribution is 0.104. The minimum absolute atomic E-state index is 0.0395. The van der Waals surface area contributed by atoms with E-state index >= 15 is 0 Å². The van der Waals surface area contributed by atoms with Gasteiger partial charge in [0.1, 0.15) is 0 Å². The third-order valence-corrected chi connectivity index (χ3v) is 4.18. The fourth-order valence-corrected chi connectivity index (χ4v) is 3.12. The van der Waals surface area contributed by atoms with Crippen LogP contribution in [0.1, 0.15) is 15.9 Å². The van der Waals surface area contributed by atoms with E-state index in [0.29, 0.717) is 10.7 Å². The fourth-order valence-electron chi connectivity index (χ4n) is 2.07. The SMILES string of the molecule is COc1cc(C=C2Sc3ccccc3C2=O)ccc1O. The number of carbonyl (C=O) groups excluding carboxylic acids is 1. The molecule has 0 amide bonds. The molecule has 3 nitrogen and oxygen atoms in total. The van der Waals surface area contributed by atoms with Crippen LogP contribution in [0.3, 0.4) is 0 Å². The first-order chi connectivity index (χ1) is 9.69. The minimum Gasteiger partial charge on any atom is -0.504 e. The second-order valence-electron chi connectivity index (χ2n) is 4.37. The van der Waals surface area contributed by atoms with Gasteiger partial charge in [0, 0.05) is 10.5 Å². The summed E-state index contributed by atoms with van der Waals surface area (Å²) in [6, 6.07) is 12.6. The van der Waals surface area contributed by atoms with E-state index in [1.165, 1.54) is 18.9 Å². The highest BCUT2D eigenvalue weighted by Crippen LogP contribution is 2.41. The lowest BCUT2D eigenvalue weighted by Crippen LogP contribution is -1.93. The summed E-state index contributed by atoms with van der Waals surface area (Å²) in [5.74, 6) is 0.522. The molecule has 0 aliphatic carbocycles. The number of methoxy groups -OCH3 is 1. The van der Waals surface area contributed by atoms with E-state index in [1.54, 1.807) is 18.2 Å². The van der Waals surface area contributed by atoms with Crippen molar-refractivity contribution in [2.24, 2.45) is 0 Å². The average Bonchev–Trinajstić information content (AvgIpc) is 2.78. The van der Waals surface area contributed by atoms with Crippen LogP contribution in [0.25, 0.3) is 6.08 Å². The molecule has 4 heteroatoms. The monoisotopic (exact) mass is 284 g/mol. The summed E-state index contributed by atoms with van der Waals surface area (Å²) in [4.78, 5) is 13.9. The van der Waals surface area contributed by atoms with Gasteiger partial charge in [-0.1, -0.05) is 30.0 Å². The predicted octanol–water partition coefficient (Wildman–Crippen LogP) is 3.73. The molecule has 0 radical (unpaired) electrons. The molecule has 1 aliphatic heterocycles. The molecule has 100 valence electrons. The summed E-state index contributed by atoms with van der Waals surface area (Å²) in [6.45, 7) is 0. The van der Waals surface area contributed by atoms with E-state index in [4.69, 9.17) is 4.74 Å². The number of benzene rings is 2. The lowest BCUT2D eigenvalue weighted by atomic mass is 10.1. The van der Waals surface area contributed by atoms with Gasteiger partial charge in [-0.25, -0.2) is 0 Å². The van der Waals surface area contributed by atoms with E-state index < -0.39 is 0 Å². The van der Waals surface area contributed by atoms with Crippen LogP contribution in [-0.2, 0) is 0 Å². The highest BCUT2D eigenvalue weighted by molar-refractivity contribution is 8.04. The summed E-state index contributed by atoms with van der Waals surface area (Å²) >= 11 is 1.47. The molecular formula is C16H12O3S. The second kappa shape index (κ2) is 5.06. The van der Waals surface area contributed by atoms with Crippen molar-refractivity contribution in [3.05, 3.63) is 58.5 Å². The Morgan fingerprint density at radius 2 is 2.00 bits per heavy atom. The van der Waals surface area contributed by atoms with Crippen LogP contribution in [0.5, 0.6) is 11.5 Å². The standard InChI is InChI=1S/C16H12O3S/c1-19-13-8-10(6-7-12(13)17)9-15-16(18)11-4-2-3-5-14(11)20-15/h2-9,17H,1H3. The number of hydrogen-bond donors (Lipinski definition) is 1. The molecule has 1 aliphatic rings. The third-order valence-electron chi connectivity index (χ3n) is 3.08. The third kappa shape index (κ3) is 2.18. The topological polar surface area (TPSA) is 46.5 Å². The number of Topliss-reactive ketones (excluding diaryl/α,β-unsaturated/α-hetero) is 1. The van der Waals surface area contributed by atoms with Crippen LogP contribution in [0.4, 0.5) is 0 Å². The maximum atomic E-state index is 12.3. The van der Waals surface area contributed by atoms with Crippen LogP contribution < -0.4 is 4.74 Å². The minimum atomic E-state index is 0.0395. The molecule has 2 aromatic rings. The van der Waals surface area contributed by atoms with E-state index in [1.807, 2.05) is 30.3 Å². The van der Waals surface area contributed by atoms with E-state index in [0.717, 1.165) is 16.0 Å². The molecule has 0 unspecified atom stereocenters. The molecule has 0 bridgehead atoms. The van der Waals surface area contributed by atoms with Crippen molar-refractivity contribution in [3.63, 3.8) is 0 Å². The van der Waals surface area contributed by atoms with Gasteiger partial charge in [-0.2, -0.15) is 0 Å². The zero-order chi connectivity index (χ0) is 14.1. The van der Waals surface area contributed by atoms with Gasteiger partial charge in [0.25, 0.3) is 0 Å². The van der Waals surface area contributed by atoms with Gasteiger partial charge in [0.2, 0.25) is 5.78 Å². The van der Waals surface area contributed by atoms with Gasteiger partial charge in [-0.3, -0.25) is 4.79 Å². The van der Waals surface area contributed by atoms with Crippen molar-refractivity contribution in [2.75, 3.05) is 7.11 Å². The first-order valence-electron chi connectivity index (χ1n) is 6.09. The zero-order valence-electron chi connectivity index (χ0n) is 10.8. The molecule has 0 spiro atoms. The maximum absolute atomic E-state index is 12.3. The Kier molecular flexibility index (Phi) is 3.24. The smallest absolute Gasteiger partial charge is 0.200 e. The lowest BCUT2D eigenvalue weighted by Gasteiger charge is -2.04. The number of carbonyl (C=O) groups is 1. The van der Waals surface area contributed by atoms with Crippen LogP contribution >= 0.6 is 11.8 Å². The number of phenolic OH excluding ortho intramolecular Hbond substituents is 1. The quantitative estimate of drug-likeness (QED) is 0.854. The number of hydrogen-bond acceptors (Lipinski definition) is 4.